The summed E-state index contributed by atoms with van der Waals surface area (Å²) in [4.78, 5) is 4.41. The predicted octanol–water partition coefficient (Wildman–Crippen LogP) is 3.31. The SMILES string of the molecule is Cc1cc(C)cc(CCNc2nccn3nc(C)cc23)c1. The summed E-state index contributed by atoms with van der Waals surface area (Å²) >= 11 is 0. The Balaban J connectivity index is 1.72. The third-order valence-electron chi connectivity index (χ3n) is 3.50. The fraction of sp³-hybridized carbons (Fsp3) is 0.294. The molecule has 0 saturated heterocycles. The lowest BCUT2D eigenvalue weighted by Crippen LogP contribution is -2.08. The highest BCUT2D eigenvalue weighted by molar-refractivity contribution is 5.67. The van der Waals surface area contributed by atoms with E-state index in [1.54, 1.807) is 6.20 Å². The molecule has 0 spiro atoms. The van der Waals surface area contributed by atoms with Gasteiger partial charge in [-0.2, -0.15) is 5.10 Å². The Morgan fingerprint density at radius 3 is 2.57 bits per heavy atom. The van der Waals surface area contributed by atoms with E-state index in [0.717, 1.165) is 30.0 Å². The Hall–Kier alpha value is -2.36. The molecule has 0 aliphatic heterocycles. The summed E-state index contributed by atoms with van der Waals surface area (Å²) in [5, 5.41) is 7.82. The minimum atomic E-state index is 0.861. The zero-order chi connectivity index (χ0) is 14.8. The van der Waals surface area contributed by atoms with Crippen LogP contribution in [0.2, 0.25) is 0 Å². The van der Waals surface area contributed by atoms with Gasteiger partial charge < -0.3 is 5.32 Å². The lowest BCUT2D eigenvalue weighted by molar-refractivity contribution is 0.917. The summed E-state index contributed by atoms with van der Waals surface area (Å²) < 4.78 is 1.86. The summed E-state index contributed by atoms with van der Waals surface area (Å²) in [6.45, 7) is 7.13. The number of aryl methyl sites for hydroxylation is 3. The number of hydrogen-bond acceptors (Lipinski definition) is 3. The van der Waals surface area contributed by atoms with Crippen LogP contribution in [0.4, 0.5) is 5.82 Å². The van der Waals surface area contributed by atoms with Crippen LogP contribution < -0.4 is 5.32 Å². The molecule has 0 amide bonds. The first-order chi connectivity index (χ1) is 10.1. The van der Waals surface area contributed by atoms with Crippen molar-refractivity contribution in [3.63, 3.8) is 0 Å². The number of benzene rings is 1. The summed E-state index contributed by atoms with van der Waals surface area (Å²) in [6, 6.07) is 8.73. The van der Waals surface area contributed by atoms with Crippen molar-refractivity contribution in [1.82, 2.24) is 14.6 Å². The van der Waals surface area contributed by atoms with E-state index in [1.165, 1.54) is 16.7 Å². The van der Waals surface area contributed by atoms with Crippen LogP contribution in [0.3, 0.4) is 0 Å². The van der Waals surface area contributed by atoms with Gasteiger partial charge in [0.2, 0.25) is 0 Å². The van der Waals surface area contributed by atoms with Gasteiger partial charge in [-0.15, -0.1) is 0 Å². The highest BCUT2D eigenvalue weighted by Crippen LogP contribution is 2.15. The summed E-state index contributed by atoms with van der Waals surface area (Å²) in [5.74, 6) is 0.891. The van der Waals surface area contributed by atoms with E-state index in [9.17, 15) is 0 Å². The number of nitrogens with one attached hydrogen (secondary N) is 1. The quantitative estimate of drug-likeness (QED) is 0.797. The number of aromatic nitrogens is 3. The Kier molecular flexibility index (Phi) is 3.60. The minimum Gasteiger partial charge on any atom is -0.368 e. The van der Waals surface area contributed by atoms with Gasteiger partial charge in [-0.25, -0.2) is 9.50 Å². The molecule has 1 aromatic carbocycles. The van der Waals surface area contributed by atoms with Gasteiger partial charge >= 0.3 is 0 Å². The van der Waals surface area contributed by atoms with Crippen molar-refractivity contribution in [2.24, 2.45) is 0 Å². The van der Waals surface area contributed by atoms with E-state index in [4.69, 9.17) is 0 Å². The van der Waals surface area contributed by atoms with Gasteiger partial charge in [0.15, 0.2) is 5.82 Å². The van der Waals surface area contributed by atoms with Gasteiger partial charge in [-0.3, -0.25) is 0 Å². The molecule has 21 heavy (non-hydrogen) atoms. The van der Waals surface area contributed by atoms with E-state index in [-0.39, 0.29) is 0 Å². The second-order valence-corrected chi connectivity index (χ2v) is 5.56. The zero-order valence-corrected chi connectivity index (χ0v) is 12.7. The maximum atomic E-state index is 4.41. The normalized spacial score (nSPS) is 11.0. The van der Waals surface area contributed by atoms with E-state index in [2.05, 4.69) is 47.4 Å². The molecule has 4 heteroatoms. The van der Waals surface area contributed by atoms with E-state index in [1.807, 2.05) is 23.7 Å². The molecule has 0 aliphatic carbocycles. The number of nitrogens with zero attached hydrogens (tertiary/aromatic N) is 3. The highest BCUT2D eigenvalue weighted by Gasteiger charge is 2.04. The average molecular weight is 280 g/mol. The van der Waals surface area contributed by atoms with Crippen LogP contribution in [-0.2, 0) is 6.42 Å². The molecule has 0 unspecified atom stereocenters. The fourth-order valence-electron chi connectivity index (χ4n) is 2.72. The van der Waals surface area contributed by atoms with Gasteiger partial charge in [0.25, 0.3) is 0 Å². The van der Waals surface area contributed by atoms with Crippen LogP contribution in [0, 0.1) is 20.8 Å². The molecule has 0 saturated carbocycles. The van der Waals surface area contributed by atoms with E-state index >= 15 is 0 Å². The first-order valence-electron chi connectivity index (χ1n) is 7.24. The van der Waals surface area contributed by atoms with Gasteiger partial charge in [0.05, 0.1) is 5.69 Å². The molecule has 4 nitrogen and oxygen atoms in total. The lowest BCUT2D eigenvalue weighted by Gasteiger charge is -2.08. The fourth-order valence-corrected chi connectivity index (χ4v) is 2.72. The topological polar surface area (TPSA) is 42.2 Å². The molecule has 0 atom stereocenters. The Labute approximate surface area is 124 Å². The monoisotopic (exact) mass is 280 g/mol. The summed E-state index contributed by atoms with van der Waals surface area (Å²) in [5.41, 5.74) is 6.01. The molecule has 0 fully saturated rings. The summed E-state index contributed by atoms with van der Waals surface area (Å²) in [7, 11) is 0. The molecule has 2 aromatic heterocycles. The van der Waals surface area contributed by atoms with Gasteiger partial charge in [-0.1, -0.05) is 29.3 Å². The molecule has 1 N–H and O–H groups in total. The second-order valence-electron chi connectivity index (χ2n) is 5.56. The Morgan fingerprint density at radius 2 is 1.81 bits per heavy atom. The van der Waals surface area contributed by atoms with Crippen LogP contribution in [-0.4, -0.2) is 21.1 Å². The summed E-state index contributed by atoms with van der Waals surface area (Å²) in [6.07, 6.45) is 4.63. The van der Waals surface area contributed by atoms with Crippen molar-refractivity contribution in [1.29, 1.82) is 0 Å². The molecule has 0 bridgehead atoms. The maximum absolute atomic E-state index is 4.41. The smallest absolute Gasteiger partial charge is 0.152 e. The molecule has 3 rings (SSSR count). The van der Waals surface area contributed by atoms with E-state index < -0.39 is 0 Å². The van der Waals surface area contributed by atoms with Crippen LogP contribution in [0.15, 0.2) is 36.7 Å². The lowest BCUT2D eigenvalue weighted by atomic mass is 10.1. The van der Waals surface area contributed by atoms with Crippen LogP contribution in [0.25, 0.3) is 5.52 Å². The van der Waals surface area contributed by atoms with E-state index in [0.29, 0.717) is 0 Å². The molecule has 108 valence electrons. The van der Waals surface area contributed by atoms with Crippen molar-refractivity contribution in [3.05, 3.63) is 59.0 Å². The van der Waals surface area contributed by atoms with Crippen molar-refractivity contribution < 1.29 is 0 Å². The third-order valence-corrected chi connectivity index (χ3v) is 3.50. The Bertz CT molecular complexity index is 753. The molecule has 0 radical (unpaired) electrons. The maximum Gasteiger partial charge on any atom is 0.152 e. The highest BCUT2D eigenvalue weighted by atomic mass is 15.2. The first-order valence-corrected chi connectivity index (χ1v) is 7.24. The molecular weight excluding hydrogens is 260 g/mol. The van der Waals surface area contributed by atoms with Crippen molar-refractivity contribution in [2.45, 2.75) is 27.2 Å². The van der Waals surface area contributed by atoms with Crippen LogP contribution >= 0.6 is 0 Å². The molecular formula is C17H20N4. The molecule has 0 aliphatic rings. The van der Waals surface area contributed by atoms with Gasteiger partial charge in [0.1, 0.15) is 5.52 Å². The van der Waals surface area contributed by atoms with Crippen molar-refractivity contribution in [2.75, 3.05) is 11.9 Å². The average Bonchev–Trinajstić information content (AvgIpc) is 2.79. The second kappa shape index (κ2) is 5.56. The standard InChI is InChI=1S/C17H20N4/c1-12-8-13(2)10-15(9-12)4-5-18-17-16-11-14(3)20-21(16)7-6-19-17/h6-11H,4-5H2,1-3H3,(H,18,19). The number of hydrogen-bond donors (Lipinski definition) is 1. The third kappa shape index (κ3) is 3.05. The number of anilines is 1. The molecule has 2 heterocycles. The molecule has 3 aromatic rings. The predicted molar refractivity (Wildman–Crippen MR) is 85.8 cm³/mol. The van der Waals surface area contributed by atoms with Crippen LogP contribution in [0.5, 0.6) is 0 Å². The van der Waals surface area contributed by atoms with Crippen LogP contribution in [0.1, 0.15) is 22.4 Å². The Morgan fingerprint density at radius 1 is 1.05 bits per heavy atom. The van der Waals surface area contributed by atoms with Gasteiger partial charge in [-0.05, 0) is 38.8 Å². The van der Waals surface area contributed by atoms with Crippen molar-refractivity contribution >= 4 is 11.3 Å². The number of fused-ring (bicyclic) bond motifs is 1. The minimum absolute atomic E-state index is 0.861. The first kappa shape index (κ1) is 13.6. The van der Waals surface area contributed by atoms with Crippen molar-refractivity contribution in [3.8, 4) is 0 Å². The largest absolute Gasteiger partial charge is 0.368 e. The van der Waals surface area contributed by atoms with Gasteiger partial charge in [0, 0.05) is 18.9 Å². The zero-order valence-electron chi connectivity index (χ0n) is 12.7. The number of rotatable bonds is 4.